The topological polar surface area (TPSA) is 87.0 Å². The Morgan fingerprint density at radius 2 is 1.56 bits per heavy atom. The molecule has 10 atom stereocenters. The molecule has 4 fully saturated rings. The van der Waals surface area contributed by atoms with Crippen LogP contribution in [0, 0.1) is 50.2 Å². The van der Waals surface area contributed by atoms with Crippen LogP contribution >= 0.6 is 0 Å². The molecule has 0 spiro atoms. The highest BCUT2D eigenvalue weighted by Gasteiger charge is 2.71. The normalized spacial score (nSPS) is 53.1. The fourth-order valence-corrected chi connectivity index (χ4v) is 11.0. The van der Waals surface area contributed by atoms with Crippen molar-refractivity contribution in [2.24, 2.45) is 50.2 Å². The standard InChI is InChI=1S/C31H50O5/c1-26(2)17-19-18-9-10-21-28(5)13-12-22(32)27(3,4)20(28)11-14-30(21,7)29(18,6)15-16-31(19,25(35)36-8)24(34)23(26)33/h9,19-24,32-34H,10-17H2,1-8H3. The molecule has 5 nitrogen and oxygen atoms in total. The van der Waals surface area contributed by atoms with Gasteiger partial charge in [0.1, 0.15) is 5.41 Å². The molecule has 0 aromatic carbocycles. The Kier molecular flexibility index (Phi) is 5.80. The summed E-state index contributed by atoms with van der Waals surface area (Å²) in [5.41, 5.74) is -0.173. The first kappa shape index (κ1) is 26.7. The largest absolute Gasteiger partial charge is 0.468 e. The lowest BCUT2D eigenvalue weighted by Crippen LogP contribution is -2.68. The number of esters is 1. The van der Waals surface area contributed by atoms with Gasteiger partial charge in [0.2, 0.25) is 0 Å². The number of ether oxygens (including phenoxy) is 1. The number of carbonyl (C=O) groups is 1. The van der Waals surface area contributed by atoms with Gasteiger partial charge < -0.3 is 20.1 Å². The third-order valence-corrected chi connectivity index (χ3v) is 13.5. The summed E-state index contributed by atoms with van der Waals surface area (Å²) < 4.78 is 5.34. The van der Waals surface area contributed by atoms with Crippen LogP contribution < -0.4 is 0 Å². The zero-order chi connectivity index (χ0) is 26.7. The lowest BCUT2D eigenvalue weighted by atomic mass is 9.33. The van der Waals surface area contributed by atoms with E-state index in [1.54, 1.807) is 0 Å². The first-order valence-corrected chi connectivity index (χ1v) is 14.4. The number of fused-ring (bicyclic) bond motifs is 7. The number of carbonyl (C=O) groups excluding carboxylic acids is 1. The average Bonchev–Trinajstić information content (AvgIpc) is 2.80. The van der Waals surface area contributed by atoms with Crippen molar-refractivity contribution < 1.29 is 24.9 Å². The molecular formula is C31H50O5. The molecule has 0 radical (unpaired) electrons. The van der Waals surface area contributed by atoms with E-state index in [1.165, 1.54) is 12.7 Å². The molecule has 3 N–H and O–H groups in total. The predicted octanol–water partition coefficient (Wildman–Crippen LogP) is 5.26. The van der Waals surface area contributed by atoms with Gasteiger partial charge in [-0.1, -0.05) is 60.1 Å². The SMILES string of the molecule is COC(=O)C12CCC3(C)C(=CCC4C5(C)CCC(O)C(C)(C)C5CCC43C)C1CC(C)(C)C(O)C2O. The van der Waals surface area contributed by atoms with Gasteiger partial charge in [0, 0.05) is 0 Å². The van der Waals surface area contributed by atoms with Crippen molar-refractivity contribution in [3.63, 3.8) is 0 Å². The summed E-state index contributed by atoms with van der Waals surface area (Å²) >= 11 is 0. The zero-order valence-electron chi connectivity index (χ0n) is 23.9. The molecule has 0 heterocycles. The van der Waals surface area contributed by atoms with Crippen LogP contribution in [0.3, 0.4) is 0 Å². The number of hydrogen-bond acceptors (Lipinski definition) is 5. The molecule has 0 bridgehead atoms. The number of aliphatic hydroxyl groups is 3. The van der Waals surface area contributed by atoms with Gasteiger partial charge in [0.25, 0.3) is 0 Å². The first-order chi connectivity index (χ1) is 16.5. The smallest absolute Gasteiger partial charge is 0.315 e. The Morgan fingerprint density at radius 1 is 0.889 bits per heavy atom. The highest BCUT2D eigenvalue weighted by Crippen LogP contribution is 2.75. The lowest BCUT2D eigenvalue weighted by Gasteiger charge is -2.71. The number of aliphatic hydroxyl groups excluding tert-OH is 3. The quantitative estimate of drug-likeness (QED) is 0.336. The highest BCUT2D eigenvalue weighted by atomic mass is 16.5. The van der Waals surface area contributed by atoms with E-state index >= 15 is 0 Å². The van der Waals surface area contributed by atoms with E-state index in [2.05, 4.69) is 40.7 Å². The van der Waals surface area contributed by atoms with Crippen LogP contribution in [-0.4, -0.2) is 46.7 Å². The summed E-state index contributed by atoms with van der Waals surface area (Å²) in [6.45, 7) is 16.0. The summed E-state index contributed by atoms with van der Waals surface area (Å²) in [5.74, 6) is 0.504. The molecule has 5 aliphatic rings. The van der Waals surface area contributed by atoms with Gasteiger partial charge in [-0.05, 0) is 96.2 Å². The van der Waals surface area contributed by atoms with Crippen molar-refractivity contribution >= 4 is 5.97 Å². The van der Waals surface area contributed by atoms with Gasteiger partial charge in [-0.2, -0.15) is 0 Å². The van der Waals surface area contributed by atoms with Gasteiger partial charge >= 0.3 is 5.97 Å². The number of methoxy groups -OCH3 is 1. The minimum absolute atomic E-state index is 0.0775. The van der Waals surface area contributed by atoms with E-state index in [9.17, 15) is 20.1 Å². The molecule has 204 valence electrons. The maximum absolute atomic E-state index is 13.4. The second-order valence-corrected chi connectivity index (χ2v) is 15.3. The second kappa shape index (κ2) is 7.82. The van der Waals surface area contributed by atoms with Gasteiger partial charge in [-0.15, -0.1) is 0 Å². The van der Waals surface area contributed by atoms with E-state index in [-0.39, 0.29) is 39.7 Å². The van der Waals surface area contributed by atoms with Gasteiger partial charge in [-0.3, -0.25) is 4.79 Å². The fraction of sp³-hybridized carbons (Fsp3) is 0.903. The van der Waals surface area contributed by atoms with E-state index < -0.39 is 23.0 Å². The summed E-state index contributed by atoms with van der Waals surface area (Å²) in [6.07, 6.45) is 7.28. The maximum atomic E-state index is 13.4. The van der Waals surface area contributed by atoms with Crippen molar-refractivity contribution in [1.29, 1.82) is 0 Å². The van der Waals surface area contributed by atoms with E-state index in [0.29, 0.717) is 24.7 Å². The summed E-state index contributed by atoms with van der Waals surface area (Å²) in [5, 5.41) is 33.5. The molecule has 0 aromatic heterocycles. The Bertz CT molecular complexity index is 968. The van der Waals surface area contributed by atoms with Crippen molar-refractivity contribution in [3.8, 4) is 0 Å². The minimum Gasteiger partial charge on any atom is -0.468 e. The average molecular weight is 503 g/mol. The van der Waals surface area contributed by atoms with E-state index in [1.807, 2.05) is 13.8 Å². The third-order valence-electron chi connectivity index (χ3n) is 13.5. The Hall–Kier alpha value is -0.910. The van der Waals surface area contributed by atoms with Gasteiger partial charge in [-0.25, -0.2) is 0 Å². The van der Waals surface area contributed by atoms with Crippen LogP contribution in [0.4, 0.5) is 0 Å². The molecule has 36 heavy (non-hydrogen) atoms. The number of rotatable bonds is 1. The molecule has 5 heteroatoms. The Morgan fingerprint density at radius 3 is 2.19 bits per heavy atom. The molecule has 0 amide bonds. The zero-order valence-corrected chi connectivity index (χ0v) is 23.9. The van der Waals surface area contributed by atoms with Crippen molar-refractivity contribution in [1.82, 2.24) is 0 Å². The van der Waals surface area contributed by atoms with Crippen LogP contribution in [0.15, 0.2) is 11.6 Å². The highest BCUT2D eigenvalue weighted by molar-refractivity contribution is 5.79. The van der Waals surface area contributed by atoms with Gasteiger partial charge in [0.05, 0.1) is 25.4 Å². The summed E-state index contributed by atoms with van der Waals surface area (Å²) in [6, 6.07) is 0. The summed E-state index contributed by atoms with van der Waals surface area (Å²) in [4.78, 5) is 13.4. The second-order valence-electron chi connectivity index (χ2n) is 15.3. The van der Waals surface area contributed by atoms with Crippen LogP contribution in [0.5, 0.6) is 0 Å². The van der Waals surface area contributed by atoms with E-state index in [4.69, 9.17) is 4.74 Å². The third kappa shape index (κ3) is 2.97. The first-order valence-electron chi connectivity index (χ1n) is 14.4. The van der Waals surface area contributed by atoms with Crippen molar-refractivity contribution in [2.45, 2.75) is 118 Å². The van der Waals surface area contributed by atoms with Crippen molar-refractivity contribution in [3.05, 3.63) is 11.6 Å². The van der Waals surface area contributed by atoms with Crippen LogP contribution in [0.2, 0.25) is 0 Å². The molecular weight excluding hydrogens is 452 g/mol. The molecule has 5 aliphatic carbocycles. The minimum atomic E-state index is -1.14. The number of hydrogen-bond donors (Lipinski definition) is 3. The van der Waals surface area contributed by atoms with E-state index in [0.717, 1.165) is 38.5 Å². The van der Waals surface area contributed by atoms with Crippen LogP contribution in [0.1, 0.15) is 99.8 Å². The molecule has 0 aromatic rings. The summed E-state index contributed by atoms with van der Waals surface area (Å²) in [7, 11) is 1.41. The molecule has 5 rings (SSSR count). The maximum Gasteiger partial charge on any atom is 0.315 e. The molecule has 10 unspecified atom stereocenters. The monoisotopic (exact) mass is 502 g/mol. The van der Waals surface area contributed by atoms with Gasteiger partial charge in [0.15, 0.2) is 0 Å². The molecule has 0 saturated heterocycles. The lowest BCUT2D eigenvalue weighted by molar-refractivity contribution is -0.227. The van der Waals surface area contributed by atoms with Crippen LogP contribution in [0.25, 0.3) is 0 Å². The number of allylic oxidation sites excluding steroid dienone is 2. The molecule has 4 saturated carbocycles. The predicted molar refractivity (Wildman–Crippen MR) is 140 cm³/mol. The Balaban J connectivity index is 1.63. The molecule has 0 aliphatic heterocycles. The Labute approximate surface area is 218 Å². The van der Waals surface area contributed by atoms with Crippen molar-refractivity contribution in [2.75, 3.05) is 7.11 Å². The fourth-order valence-electron chi connectivity index (χ4n) is 11.0. The van der Waals surface area contributed by atoms with Crippen LogP contribution in [-0.2, 0) is 9.53 Å².